The minimum absolute atomic E-state index is 0.0160. The predicted octanol–water partition coefficient (Wildman–Crippen LogP) is 18.7. The highest BCUT2D eigenvalue weighted by Gasteiger charge is 2.26. The second-order valence-electron chi connectivity index (χ2n) is 22.3. The van der Waals surface area contributed by atoms with E-state index >= 15 is 0 Å². The molecule has 0 radical (unpaired) electrons. The summed E-state index contributed by atoms with van der Waals surface area (Å²) in [7, 11) is 0. The third-order valence-electron chi connectivity index (χ3n) is 15.8. The average molecular weight is 932 g/mol. The number of hydrogen-bond acceptors (Lipinski definition) is 4. The monoisotopic (exact) mass is 931 g/mol. The second-order valence-corrected chi connectivity index (χ2v) is 22.3. The van der Waals surface area contributed by atoms with Crippen molar-refractivity contribution in [3.8, 4) is 0 Å². The summed E-state index contributed by atoms with van der Waals surface area (Å²) in [5.74, 6) is 4.52. The Hall–Kier alpha value is -2.30. The Kier molecular flexibility index (Phi) is 36.0. The lowest BCUT2D eigenvalue weighted by molar-refractivity contribution is -0.121. The van der Waals surface area contributed by atoms with Gasteiger partial charge in [-0.1, -0.05) is 149 Å². The number of aliphatic hydroxyl groups is 2. The molecule has 0 saturated heterocycles. The third-order valence-corrected chi connectivity index (χ3v) is 15.8. The molecule has 4 rings (SSSR count). The Balaban J connectivity index is 0.000000447. The number of rotatable bonds is 25. The number of ketones is 2. The summed E-state index contributed by atoms with van der Waals surface area (Å²) >= 11 is 0. The van der Waals surface area contributed by atoms with Crippen LogP contribution in [0.4, 0.5) is 0 Å². The maximum atomic E-state index is 11.5. The molecular weight excluding hydrogens is 821 g/mol. The molecule has 4 heteroatoms. The summed E-state index contributed by atoms with van der Waals surface area (Å²) in [5.41, 5.74) is 8.69. The molecule has 0 aromatic rings. The predicted molar refractivity (Wildman–Crippen MR) is 293 cm³/mol. The first-order valence-corrected chi connectivity index (χ1v) is 28.3. The zero-order valence-electron chi connectivity index (χ0n) is 46.3. The molecule has 4 saturated carbocycles. The van der Waals surface area contributed by atoms with Crippen LogP contribution in [0.25, 0.3) is 0 Å². The molecule has 67 heavy (non-hydrogen) atoms. The summed E-state index contributed by atoms with van der Waals surface area (Å²) in [4.78, 5) is 22.9. The van der Waals surface area contributed by atoms with Gasteiger partial charge in [0.25, 0.3) is 0 Å². The van der Waals surface area contributed by atoms with Crippen LogP contribution in [-0.2, 0) is 9.59 Å². The molecule has 0 aromatic heterocycles. The zero-order valence-corrected chi connectivity index (χ0v) is 46.3. The van der Waals surface area contributed by atoms with E-state index in [-0.39, 0.29) is 12.2 Å². The molecule has 4 fully saturated rings. The van der Waals surface area contributed by atoms with Crippen LogP contribution in [0.3, 0.4) is 0 Å². The minimum Gasteiger partial charge on any atom is -0.393 e. The molecule has 4 nitrogen and oxygen atoms in total. The molecule has 0 bridgehead atoms. The molecule has 0 spiro atoms. The van der Waals surface area contributed by atoms with Gasteiger partial charge in [0, 0.05) is 24.7 Å². The summed E-state index contributed by atoms with van der Waals surface area (Å²) in [5, 5.41) is 19.5. The van der Waals surface area contributed by atoms with Gasteiger partial charge in [-0.25, -0.2) is 0 Å². The van der Waals surface area contributed by atoms with Crippen LogP contribution < -0.4 is 0 Å². The first-order chi connectivity index (χ1) is 32.0. The number of carbonyl (C=O) groups excluding carboxylic acids is 2. The molecule has 0 aliphatic heterocycles. The lowest BCUT2D eigenvalue weighted by Crippen LogP contribution is -2.14. The molecule has 4 aliphatic carbocycles. The van der Waals surface area contributed by atoms with Crippen molar-refractivity contribution in [2.45, 2.75) is 281 Å². The summed E-state index contributed by atoms with van der Waals surface area (Å²) < 4.78 is 0. The molecule has 4 aliphatic rings. The van der Waals surface area contributed by atoms with E-state index in [0.29, 0.717) is 35.2 Å². The zero-order chi connectivity index (χ0) is 50.0. The van der Waals surface area contributed by atoms with Gasteiger partial charge in [-0.15, -0.1) is 0 Å². The lowest BCUT2D eigenvalue weighted by atomic mass is 9.90. The number of carbonyl (C=O) groups is 2. The molecule has 0 amide bonds. The maximum absolute atomic E-state index is 11.5. The van der Waals surface area contributed by atoms with E-state index in [1.807, 2.05) is 0 Å². The van der Waals surface area contributed by atoms with Crippen molar-refractivity contribution in [1.82, 2.24) is 0 Å². The van der Waals surface area contributed by atoms with E-state index in [4.69, 9.17) is 0 Å². The number of Topliss-reactive ketones (excluding diaryl/α,β-unsaturated/α-hetero) is 2. The van der Waals surface area contributed by atoms with E-state index in [2.05, 4.69) is 120 Å². The third kappa shape index (κ3) is 31.5. The second kappa shape index (κ2) is 38.5. The van der Waals surface area contributed by atoms with Crippen molar-refractivity contribution >= 4 is 11.6 Å². The summed E-state index contributed by atoms with van der Waals surface area (Å²) in [6.45, 7) is 26.7. The molecule has 2 N–H and O–H groups in total. The summed E-state index contributed by atoms with van der Waals surface area (Å²) in [6.07, 6.45) is 47.1. The van der Waals surface area contributed by atoms with Crippen LogP contribution in [0.1, 0.15) is 269 Å². The van der Waals surface area contributed by atoms with Gasteiger partial charge in [0.2, 0.25) is 0 Å². The molecule has 8 atom stereocenters. The molecule has 8 unspecified atom stereocenters. The van der Waals surface area contributed by atoms with Crippen molar-refractivity contribution in [3.05, 3.63) is 69.9 Å². The molecule has 0 heterocycles. The van der Waals surface area contributed by atoms with Crippen molar-refractivity contribution in [1.29, 1.82) is 0 Å². The number of allylic oxidation sites excluding steroid dienone is 12. The fraction of sp³-hybridized carbons (Fsp3) is 0.778. The molecular formula is C63H110O4. The van der Waals surface area contributed by atoms with Crippen molar-refractivity contribution in [3.63, 3.8) is 0 Å². The van der Waals surface area contributed by atoms with Crippen LogP contribution in [0.15, 0.2) is 69.9 Å². The first kappa shape index (κ1) is 62.7. The van der Waals surface area contributed by atoms with Crippen molar-refractivity contribution < 1.29 is 19.8 Å². The Morgan fingerprint density at radius 1 is 0.507 bits per heavy atom. The van der Waals surface area contributed by atoms with E-state index < -0.39 is 0 Å². The SMILES string of the molecule is CC(C)=CCC/C(C)=C/CC1CCCC1=O.CC/C(C)=C/CC/C(C)=C/CC1CCCC1=O.CC/C(C)=C/CC/C(C)=C/CC1CCCC1O.CCC(C)CCCC(C)CCC1CCCC1O. The Bertz CT molecular complexity index is 1520. The Morgan fingerprint density at radius 2 is 0.940 bits per heavy atom. The van der Waals surface area contributed by atoms with E-state index in [1.54, 1.807) is 0 Å². The van der Waals surface area contributed by atoms with Gasteiger partial charge < -0.3 is 10.2 Å². The quantitative estimate of drug-likeness (QED) is 0.0895. The molecule has 0 aromatic carbocycles. The summed E-state index contributed by atoms with van der Waals surface area (Å²) in [6, 6.07) is 0. The number of aliphatic hydroxyl groups excluding tert-OH is 2. The van der Waals surface area contributed by atoms with Gasteiger partial charge in [0.1, 0.15) is 11.6 Å². The normalized spacial score (nSPS) is 24.7. The standard InChI is InChI=1S/C16H32O.C16H28O.C16H26O.C15H24O/c3*1-4-13(2)7-5-8-14(3)11-12-15-9-6-10-16(15)17;1-12(2)6-4-7-13(3)10-11-14-8-5-9-15(14)16/h13-17H,4-12H2,1-3H3;7,11,15-17H,4-6,8-10,12H2,1-3H3;7,11,15H,4-6,8-10,12H2,1-3H3;6,10,14H,4-5,7-9,11H2,1-3H3/b;2*13-7+,14-11+;13-10+. The fourth-order valence-electron chi connectivity index (χ4n) is 9.90. The average Bonchev–Trinajstić information content (AvgIpc) is 4.12. The van der Waals surface area contributed by atoms with Gasteiger partial charge in [-0.05, 0) is 201 Å². The van der Waals surface area contributed by atoms with Crippen LogP contribution >= 0.6 is 0 Å². The van der Waals surface area contributed by atoms with Gasteiger partial charge >= 0.3 is 0 Å². The van der Waals surface area contributed by atoms with E-state index in [9.17, 15) is 19.8 Å². The van der Waals surface area contributed by atoms with Crippen LogP contribution in [0.2, 0.25) is 0 Å². The van der Waals surface area contributed by atoms with Gasteiger partial charge in [-0.2, -0.15) is 0 Å². The van der Waals surface area contributed by atoms with Gasteiger partial charge in [0.15, 0.2) is 0 Å². The van der Waals surface area contributed by atoms with Gasteiger partial charge in [0.05, 0.1) is 12.2 Å². The molecule has 386 valence electrons. The van der Waals surface area contributed by atoms with E-state index in [1.165, 1.54) is 104 Å². The van der Waals surface area contributed by atoms with Crippen LogP contribution in [-0.4, -0.2) is 34.0 Å². The minimum atomic E-state index is -0.0405. The Labute approximate surface area is 416 Å². The maximum Gasteiger partial charge on any atom is 0.136 e. The topological polar surface area (TPSA) is 74.6 Å². The lowest BCUT2D eigenvalue weighted by Gasteiger charge is -2.18. The van der Waals surface area contributed by atoms with Crippen LogP contribution in [0, 0.1) is 35.5 Å². The van der Waals surface area contributed by atoms with Crippen molar-refractivity contribution in [2.24, 2.45) is 35.5 Å². The smallest absolute Gasteiger partial charge is 0.136 e. The van der Waals surface area contributed by atoms with E-state index in [0.717, 1.165) is 127 Å². The first-order valence-electron chi connectivity index (χ1n) is 28.3. The highest BCUT2D eigenvalue weighted by atomic mass is 16.3. The highest BCUT2D eigenvalue weighted by Crippen LogP contribution is 2.32. The number of hydrogen-bond donors (Lipinski definition) is 2. The Morgan fingerprint density at radius 3 is 1.33 bits per heavy atom. The highest BCUT2D eigenvalue weighted by molar-refractivity contribution is 5.83. The van der Waals surface area contributed by atoms with Crippen molar-refractivity contribution in [2.75, 3.05) is 0 Å². The van der Waals surface area contributed by atoms with Gasteiger partial charge in [-0.3, -0.25) is 9.59 Å². The fourth-order valence-corrected chi connectivity index (χ4v) is 9.90. The largest absolute Gasteiger partial charge is 0.393 e. The van der Waals surface area contributed by atoms with Crippen LogP contribution in [0.5, 0.6) is 0 Å².